The third-order valence-electron chi connectivity index (χ3n) is 1.06. The highest BCUT2D eigenvalue weighted by molar-refractivity contribution is 7.10. The normalized spacial score (nSPS) is 8.20. The van der Waals surface area contributed by atoms with Crippen LogP contribution in [0.1, 0.15) is 10.4 Å². The van der Waals surface area contributed by atoms with Crippen LogP contribution in [0.25, 0.3) is 0 Å². The zero-order valence-electron chi connectivity index (χ0n) is 5.29. The molecule has 0 amide bonds. The third-order valence-corrected chi connectivity index (χ3v) is 2.00. The summed E-state index contributed by atoms with van der Waals surface area (Å²) in [6.07, 6.45) is 5.72. The minimum absolute atomic E-state index is 0.631. The van der Waals surface area contributed by atoms with Gasteiger partial charge in [-0.25, -0.2) is 0 Å². The minimum atomic E-state index is 0.631. The highest BCUT2D eigenvalue weighted by atomic mass is 32.1. The van der Waals surface area contributed by atoms with Gasteiger partial charge in [-0.1, -0.05) is 0 Å². The second kappa shape index (κ2) is 3.06. The summed E-state index contributed by atoms with van der Waals surface area (Å²) in [6, 6.07) is 3.87. The molecule has 0 N–H and O–H groups in total. The van der Waals surface area contributed by atoms with E-state index in [2.05, 4.69) is 5.92 Å². The van der Waals surface area contributed by atoms with Crippen LogP contribution in [0.2, 0.25) is 0 Å². The lowest BCUT2D eigenvalue weighted by Crippen LogP contribution is -1.70. The molecule has 0 aliphatic carbocycles. The fourth-order valence-corrected chi connectivity index (χ4v) is 1.39. The van der Waals surface area contributed by atoms with E-state index in [0.29, 0.717) is 12.0 Å². The molecule has 0 aliphatic rings. The maximum atomic E-state index is 8.42. The van der Waals surface area contributed by atoms with Crippen LogP contribution in [0.15, 0.2) is 11.4 Å². The summed E-state index contributed by atoms with van der Waals surface area (Å²) < 4.78 is 0. The number of nitriles is 1. The van der Waals surface area contributed by atoms with Crippen LogP contribution in [-0.2, 0) is 6.42 Å². The van der Waals surface area contributed by atoms with E-state index in [1.807, 2.05) is 17.5 Å². The summed E-state index contributed by atoms with van der Waals surface area (Å²) in [5.74, 6) is 2.52. The van der Waals surface area contributed by atoms with Crippen molar-refractivity contribution in [1.29, 1.82) is 5.26 Å². The topological polar surface area (TPSA) is 23.8 Å². The predicted molar refractivity (Wildman–Crippen MR) is 41.6 cm³/mol. The van der Waals surface area contributed by atoms with E-state index in [1.165, 1.54) is 11.3 Å². The van der Waals surface area contributed by atoms with Gasteiger partial charge in [0.25, 0.3) is 0 Å². The van der Waals surface area contributed by atoms with Gasteiger partial charge in [0.15, 0.2) is 0 Å². The smallest absolute Gasteiger partial charge is 0.100 e. The van der Waals surface area contributed by atoms with Crippen molar-refractivity contribution < 1.29 is 0 Å². The van der Waals surface area contributed by atoms with E-state index in [4.69, 9.17) is 11.7 Å². The lowest BCUT2D eigenvalue weighted by Gasteiger charge is -1.79. The highest BCUT2D eigenvalue weighted by Gasteiger charge is 1.95. The molecule has 0 aliphatic heterocycles. The maximum absolute atomic E-state index is 8.42. The Morgan fingerprint density at radius 1 is 1.70 bits per heavy atom. The van der Waals surface area contributed by atoms with Gasteiger partial charge < -0.3 is 0 Å². The van der Waals surface area contributed by atoms with E-state index in [0.717, 1.165) is 4.88 Å². The van der Waals surface area contributed by atoms with Gasteiger partial charge in [-0.05, 0) is 6.07 Å². The monoisotopic (exact) mass is 147 g/mol. The zero-order valence-corrected chi connectivity index (χ0v) is 6.11. The Bertz CT molecular complexity index is 298. The lowest BCUT2D eigenvalue weighted by atomic mass is 10.3. The first-order valence-corrected chi connectivity index (χ1v) is 3.65. The van der Waals surface area contributed by atoms with Crippen LogP contribution in [0.5, 0.6) is 0 Å². The van der Waals surface area contributed by atoms with E-state index in [9.17, 15) is 0 Å². The van der Waals surface area contributed by atoms with Crippen molar-refractivity contribution in [2.45, 2.75) is 6.42 Å². The van der Waals surface area contributed by atoms with E-state index < -0.39 is 0 Å². The molecule has 0 unspecified atom stereocenters. The first kappa shape index (κ1) is 6.86. The average Bonchev–Trinajstić information content (AvgIpc) is 2.37. The van der Waals surface area contributed by atoms with E-state index in [1.54, 1.807) is 0 Å². The van der Waals surface area contributed by atoms with Crippen molar-refractivity contribution >= 4 is 11.3 Å². The van der Waals surface area contributed by atoms with Crippen molar-refractivity contribution in [3.8, 4) is 18.4 Å². The second-order valence-corrected chi connectivity index (χ2v) is 2.79. The Balaban J connectivity index is 2.83. The first-order chi connectivity index (χ1) is 4.86. The van der Waals surface area contributed by atoms with Gasteiger partial charge in [-0.2, -0.15) is 5.26 Å². The molecule has 1 aromatic rings. The molecule has 0 spiro atoms. The molecule has 2 heteroatoms. The molecular weight excluding hydrogens is 142 g/mol. The molecule has 0 saturated carbocycles. The van der Waals surface area contributed by atoms with Gasteiger partial charge in [-0.3, -0.25) is 0 Å². The summed E-state index contributed by atoms with van der Waals surface area (Å²) in [5, 5.41) is 10.2. The number of thiophene rings is 1. The third kappa shape index (κ3) is 1.37. The van der Waals surface area contributed by atoms with Crippen LogP contribution >= 0.6 is 11.3 Å². The summed E-state index contributed by atoms with van der Waals surface area (Å²) in [5.41, 5.74) is 0.704. The fraction of sp³-hybridized carbons (Fsp3) is 0.125. The molecule has 10 heavy (non-hydrogen) atoms. The maximum Gasteiger partial charge on any atom is 0.100 e. The number of nitrogens with zero attached hydrogens (tertiary/aromatic N) is 1. The van der Waals surface area contributed by atoms with Gasteiger partial charge in [0.05, 0.1) is 5.56 Å². The van der Waals surface area contributed by atoms with Crippen molar-refractivity contribution in [2.75, 3.05) is 0 Å². The molecule has 0 saturated heterocycles. The quantitative estimate of drug-likeness (QED) is 0.555. The largest absolute Gasteiger partial charge is 0.192 e. The number of rotatable bonds is 1. The Hall–Kier alpha value is -1.25. The van der Waals surface area contributed by atoms with E-state index >= 15 is 0 Å². The summed E-state index contributed by atoms with van der Waals surface area (Å²) in [7, 11) is 0. The van der Waals surface area contributed by atoms with Crippen LogP contribution in [0.4, 0.5) is 0 Å². The average molecular weight is 147 g/mol. The molecule has 0 fully saturated rings. The van der Waals surface area contributed by atoms with Crippen LogP contribution in [0.3, 0.4) is 0 Å². The lowest BCUT2D eigenvalue weighted by molar-refractivity contribution is 1.40. The Morgan fingerprint density at radius 2 is 2.50 bits per heavy atom. The van der Waals surface area contributed by atoms with Gasteiger partial charge in [0, 0.05) is 16.7 Å². The number of terminal acetylenes is 1. The predicted octanol–water partition coefficient (Wildman–Crippen LogP) is 1.80. The molecule has 1 nitrogen and oxygen atoms in total. The Morgan fingerprint density at radius 3 is 3.00 bits per heavy atom. The Kier molecular flexibility index (Phi) is 2.10. The standard InChI is InChI=1S/C8H5NS/c1-2-3-8-4-7(5-9)6-10-8/h1,4,6H,3H2. The summed E-state index contributed by atoms with van der Waals surface area (Å²) in [6.45, 7) is 0. The molecule has 1 aromatic heterocycles. The van der Waals surface area contributed by atoms with Crippen LogP contribution < -0.4 is 0 Å². The van der Waals surface area contributed by atoms with E-state index in [-0.39, 0.29) is 0 Å². The van der Waals surface area contributed by atoms with Crippen molar-refractivity contribution in [2.24, 2.45) is 0 Å². The minimum Gasteiger partial charge on any atom is -0.192 e. The van der Waals surface area contributed by atoms with Gasteiger partial charge in [-0.15, -0.1) is 23.7 Å². The fourth-order valence-electron chi connectivity index (χ4n) is 0.633. The van der Waals surface area contributed by atoms with Gasteiger partial charge in [0.2, 0.25) is 0 Å². The zero-order chi connectivity index (χ0) is 7.40. The van der Waals surface area contributed by atoms with Crippen molar-refractivity contribution in [3.05, 3.63) is 21.9 Å². The molecule has 0 atom stereocenters. The number of hydrogen-bond acceptors (Lipinski definition) is 2. The highest BCUT2D eigenvalue weighted by Crippen LogP contribution is 2.13. The van der Waals surface area contributed by atoms with Crippen molar-refractivity contribution in [1.82, 2.24) is 0 Å². The first-order valence-electron chi connectivity index (χ1n) is 2.78. The van der Waals surface area contributed by atoms with Gasteiger partial charge >= 0.3 is 0 Å². The van der Waals surface area contributed by atoms with Gasteiger partial charge in [0.1, 0.15) is 6.07 Å². The number of hydrogen-bond donors (Lipinski definition) is 0. The second-order valence-electron chi connectivity index (χ2n) is 1.79. The molecule has 0 aromatic carbocycles. The molecule has 0 bridgehead atoms. The summed E-state index contributed by atoms with van der Waals surface area (Å²) in [4.78, 5) is 1.08. The van der Waals surface area contributed by atoms with Crippen molar-refractivity contribution in [3.63, 3.8) is 0 Å². The molecule has 1 heterocycles. The SMILES string of the molecule is C#CCc1cc(C#N)cs1. The molecule has 0 radical (unpaired) electrons. The molecule has 1 rings (SSSR count). The molecular formula is C8H5NS. The van der Waals surface area contributed by atoms with Crippen LogP contribution in [-0.4, -0.2) is 0 Å². The van der Waals surface area contributed by atoms with Crippen LogP contribution in [0, 0.1) is 23.7 Å². The Labute approximate surface area is 63.9 Å². The summed E-state index contributed by atoms with van der Waals surface area (Å²) >= 11 is 1.53. The molecule has 48 valence electrons.